The quantitative estimate of drug-likeness (QED) is 0.754. The van der Waals surface area contributed by atoms with E-state index in [1.807, 2.05) is 10.6 Å². The molecular formula is C9H12ClN3. The van der Waals surface area contributed by atoms with Crippen molar-refractivity contribution in [2.24, 2.45) is 5.73 Å². The molecule has 0 aliphatic carbocycles. The molecule has 0 radical (unpaired) electrons. The van der Waals surface area contributed by atoms with Crippen LogP contribution in [-0.4, -0.2) is 9.38 Å². The lowest BCUT2D eigenvalue weighted by molar-refractivity contribution is 1.02. The zero-order chi connectivity index (χ0) is 8.55. The maximum absolute atomic E-state index is 5.53. The maximum atomic E-state index is 5.53. The van der Waals surface area contributed by atoms with E-state index in [9.17, 15) is 0 Å². The minimum atomic E-state index is 0. The van der Waals surface area contributed by atoms with E-state index in [0.717, 1.165) is 11.2 Å². The van der Waals surface area contributed by atoms with Crippen molar-refractivity contribution in [3.05, 3.63) is 35.9 Å². The summed E-state index contributed by atoms with van der Waals surface area (Å²) in [5.41, 5.74) is 8.83. The van der Waals surface area contributed by atoms with Crippen LogP contribution in [0.15, 0.2) is 24.7 Å². The number of rotatable bonds is 1. The van der Waals surface area contributed by atoms with Crippen molar-refractivity contribution in [2.45, 2.75) is 13.5 Å². The highest BCUT2D eigenvalue weighted by Crippen LogP contribution is 2.10. The molecule has 0 bridgehead atoms. The Morgan fingerprint density at radius 1 is 1.54 bits per heavy atom. The molecule has 0 aliphatic rings. The molecule has 2 heterocycles. The monoisotopic (exact) mass is 197 g/mol. The molecule has 3 nitrogen and oxygen atoms in total. The fraction of sp³-hybridized carbons (Fsp3) is 0.222. The number of hydrogen-bond acceptors (Lipinski definition) is 2. The van der Waals surface area contributed by atoms with Gasteiger partial charge in [-0.05, 0) is 24.6 Å². The molecule has 2 N–H and O–H groups in total. The third kappa shape index (κ3) is 1.66. The predicted octanol–water partition coefficient (Wildman–Crippen LogP) is 1.52. The lowest BCUT2D eigenvalue weighted by Crippen LogP contribution is -1.97. The molecule has 0 saturated carbocycles. The Hall–Kier alpha value is -1.06. The Bertz CT molecular complexity index is 408. The largest absolute Gasteiger partial charge is 0.325 e. The van der Waals surface area contributed by atoms with Crippen molar-refractivity contribution < 1.29 is 0 Å². The normalized spacial score (nSPS) is 10.0. The van der Waals surface area contributed by atoms with Gasteiger partial charge in [-0.3, -0.25) is 0 Å². The van der Waals surface area contributed by atoms with Crippen LogP contribution in [0, 0.1) is 6.92 Å². The molecule has 0 unspecified atom stereocenters. The Morgan fingerprint density at radius 2 is 2.31 bits per heavy atom. The van der Waals surface area contributed by atoms with Crippen LogP contribution in [0.5, 0.6) is 0 Å². The van der Waals surface area contributed by atoms with Crippen molar-refractivity contribution in [3.8, 4) is 0 Å². The molecular weight excluding hydrogens is 186 g/mol. The highest BCUT2D eigenvalue weighted by molar-refractivity contribution is 5.85. The molecule has 0 aliphatic heterocycles. The maximum Gasteiger partial charge on any atom is 0.0996 e. The van der Waals surface area contributed by atoms with Gasteiger partial charge in [-0.1, -0.05) is 0 Å². The van der Waals surface area contributed by atoms with E-state index in [-0.39, 0.29) is 12.4 Å². The van der Waals surface area contributed by atoms with Crippen LogP contribution < -0.4 is 5.73 Å². The van der Waals surface area contributed by atoms with Gasteiger partial charge in [0.25, 0.3) is 0 Å². The zero-order valence-electron chi connectivity index (χ0n) is 7.40. The van der Waals surface area contributed by atoms with Crippen LogP contribution in [-0.2, 0) is 6.54 Å². The predicted molar refractivity (Wildman–Crippen MR) is 55.1 cm³/mol. The third-order valence-corrected chi connectivity index (χ3v) is 1.97. The molecule has 13 heavy (non-hydrogen) atoms. The molecule has 0 amide bonds. The molecule has 2 aromatic rings. The van der Waals surface area contributed by atoms with Gasteiger partial charge < -0.3 is 10.1 Å². The summed E-state index contributed by atoms with van der Waals surface area (Å²) in [6, 6.07) is 4.14. The van der Waals surface area contributed by atoms with Crippen LogP contribution in [0.25, 0.3) is 5.52 Å². The smallest absolute Gasteiger partial charge is 0.0996 e. The summed E-state index contributed by atoms with van der Waals surface area (Å²) < 4.78 is 1.98. The first-order valence-corrected chi connectivity index (χ1v) is 3.93. The number of nitrogens with zero attached hydrogens (tertiary/aromatic N) is 2. The number of halogens is 1. The minimum Gasteiger partial charge on any atom is -0.325 e. The van der Waals surface area contributed by atoms with Crippen molar-refractivity contribution in [3.63, 3.8) is 0 Å². The van der Waals surface area contributed by atoms with Crippen molar-refractivity contribution in [1.82, 2.24) is 9.38 Å². The second kappa shape index (κ2) is 3.77. The van der Waals surface area contributed by atoms with E-state index in [2.05, 4.69) is 24.0 Å². The Balaban J connectivity index is 0.000000845. The number of pyridine rings is 1. The van der Waals surface area contributed by atoms with Crippen LogP contribution in [0.3, 0.4) is 0 Å². The van der Waals surface area contributed by atoms with Crippen LogP contribution in [0.4, 0.5) is 0 Å². The Morgan fingerprint density at radius 3 is 3.00 bits per heavy atom. The average molecular weight is 198 g/mol. The highest BCUT2D eigenvalue weighted by atomic mass is 35.5. The first kappa shape index (κ1) is 10.0. The Labute approximate surface area is 83.0 Å². The van der Waals surface area contributed by atoms with Crippen molar-refractivity contribution in [2.75, 3.05) is 0 Å². The average Bonchev–Trinajstić information content (AvgIpc) is 2.46. The number of hydrogen-bond donors (Lipinski definition) is 1. The minimum absolute atomic E-state index is 0. The summed E-state index contributed by atoms with van der Waals surface area (Å²) in [6.45, 7) is 2.56. The van der Waals surface area contributed by atoms with Gasteiger partial charge in [-0.15, -0.1) is 12.4 Å². The summed E-state index contributed by atoms with van der Waals surface area (Å²) in [6.07, 6.45) is 3.79. The fourth-order valence-corrected chi connectivity index (χ4v) is 1.30. The summed E-state index contributed by atoms with van der Waals surface area (Å²) in [5.74, 6) is 0. The molecule has 0 aromatic carbocycles. The fourth-order valence-electron chi connectivity index (χ4n) is 1.30. The molecule has 4 heteroatoms. The van der Waals surface area contributed by atoms with Gasteiger partial charge >= 0.3 is 0 Å². The molecule has 0 atom stereocenters. The van der Waals surface area contributed by atoms with Gasteiger partial charge in [0.05, 0.1) is 17.5 Å². The van der Waals surface area contributed by atoms with Gasteiger partial charge in [0.15, 0.2) is 0 Å². The zero-order valence-corrected chi connectivity index (χ0v) is 8.21. The van der Waals surface area contributed by atoms with E-state index in [0.29, 0.717) is 6.54 Å². The van der Waals surface area contributed by atoms with Crippen LogP contribution in [0.1, 0.15) is 11.3 Å². The van der Waals surface area contributed by atoms with E-state index in [1.165, 1.54) is 5.56 Å². The first-order chi connectivity index (χ1) is 5.81. The summed E-state index contributed by atoms with van der Waals surface area (Å²) in [7, 11) is 0. The summed E-state index contributed by atoms with van der Waals surface area (Å²) in [5, 5.41) is 0. The van der Waals surface area contributed by atoms with E-state index in [1.54, 1.807) is 6.33 Å². The summed E-state index contributed by atoms with van der Waals surface area (Å²) >= 11 is 0. The van der Waals surface area contributed by atoms with E-state index in [4.69, 9.17) is 5.73 Å². The number of aromatic nitrogens is 2. The first-order valence-electron chi connectivity index (χ1n) is 3.93. The second-order valence-corrected chi connectivity index (χ2v) is 2.89. The molecule has 0 spiro atoms. The van der Waals surface area contributed by atoms with Gasteiger partial charge in [0, 0.05) is 12.7 Å². The van der Waals surface area contributed by atoms with E-state index >= 15 is 0 Å². The third-order valence-electron chi connectivity index (χ3n) is 1.97. The van der Waals surface area contributed by atoms with Gasteiger partial charge in [-0.25, -0.2) is 4.98 Å². The number of fused-ring (bicyclic) bond motifs is 1. The summed E-state index contributed by atoms with van der Waals surface area (Å²) in [4.78, 5) is 4.19. The number of imidazole rings is 1. The number of nitrogens with two attached hydrogens (primary N) is 1. The lowest BCUT2D eigenvalue weighted by Gasteiger charge is -1.96. The lowest BCUT2D eigenvalue weighted by atomic mass is 10.2. The molecule has 2 rings (SSSR count). The molecule has 2 aromatic heterocycles. The van der Waals surface area contributed by atoms with Crippen molar-refractivity contribution in [1.29, 1.82) is 0 Å². The van der Waals surface area contributed by atoms with Gasteiger partial charge in [0.1, 0.15) is 0 Å². The highest BCUT2D eigenvalue weighted by Gasteiger charge is 2.00. The topological polar surface area (TPSA) is 43.3 Å². The van der Waals surface area contributed by atoms with Gasteiger partial charge in [-0.2, -0.15) is 0 Å². The standard InChI is InChI=1S/C9H11N3.ClH/c1-7-2-3-12-6-11-8(5-10)9(12)4-7;/h2-4,6H,5,10H2,1H3;1H. The SMILES string of the molecule is Cc1ccn2cnc(CN)c2c1.Cl. The Kier molecular flexibility index (Phi) is 2.90. The van der Waals surface area contributed by atoms with Crippen LogP contribution >= 0.6 is 12.4 Å². The van der Waals surface area contributed by atoms with Crippen molar-refractivity contribution >= 4 is 17.9 Å². The molecule has 0 saturated heterocycles. The van der Waals surface area contributed by atoms with Gasteiger partial charge in [0.2, 0.25) is 0 Å². The molecule has 0 fully saturated rings. The van der Waals surface area contributed by atoms with Crippen LogP contribution in [0.2, 0.25) is 0 Å². The second-order valence-electron chi connectivity index (χ2n) is 2.89. The molecule has 70 valence electrons. The number of aryl methyl sites for hydroxylation is 1. The van der Waals surface area contributed by atoms with E-state index < -0.39 is 0 Å².